The fraction of sp³-hybridized carbons (Fsp3) is 0. The van der Waals surface area contributed by atoms with Gasteiger partial charge in [-0.15, -0.1) is 17.7 Å². The maximum atomic E-state index is 4.84. The van der Waals surface area contributed by atoms with Gasteiger partial charge in [-0.05, 0) is 18.2 Å². The van der Waals surface area contributed by atoms with Crippen LogP contribution in [0.25, 0.3) is 0 Å². The van der Waals surface area contributed by atoms with Gasteiger partial charge in [0.05, 0.1) is 5.69 Å². The van der Waals surface area contributed by atoms with E-state index in [-0.39, 0.29) is 0 Å². The summed E-state index contributed by atoms with van der Waals surface area (Å²) in [5.41, 5.74) is 0.718. The summed E-state index contributed by atoms with van der Waals surface area (Å²) in [5.74, 6) is 4.84. The molecule has 0 bridgehead atoms. The van der Waals surface area contributed by atoms with E-state index >= 15 is 0 Å². The Labute approximate surface area is 64.3 Å². The van der Waals surface area contributed by atoms with Gasteiger partial charge in [0.2, 0.25) is 0 Å². The first-order valence-electron chi connectivity index (χ1n) is 2.73. The second-order valence-corrected chi connectivity index (χ2v) is 2.25. The van der Waals surface area contributed by atoms with E-state index in [0.29, 0.717) is 0 Å². The van der Waals surface area contributed by atoms with Crippen LogP contribution in [0.1, 0.15) is 0 Å². The van der Waals surface area contributed by atoms with E-state index < -0.39 is 0 Å². The van der Waals surface area contributed by atoms with Crippen LogP contribution in [0.3, 0.4) is 0 Å². The number of nitrogens with two attached hydrogens (primary N) is 1. The highest BCUT2D eigenvalue weighted by Gasteiger charge is 1.87. The highest BCUT2D eigenvalue weighted by molar-refractivity contribution is 7.80. The molecule has 1 rings (SSSR count). The summed E-state index contributed by atoms with van der Waals surface area (Å²) >= 11 is 4.10. The summed E-state index contributed by atoms with van der Waals surface area (Å²) < 4.78 is 0. The van der Waals surface area contributed by atoms with Crippen molar-refractivity contribution in [2.75, 3.05) is 0 Å². The maximum Gasteiger partial charge on any atom is 0.0885 e. The predicted octanol–water partition coefficient (Wildman–Crippen LogP) is 1.93. The Kier molecular flexibility index (Phi) is 2.28. The van der Waals surface area contributed by atoms with Gasteiger partial charge in [0.25, 0.3) is 0 Å². The SMILES string of the molecule is NN=Nc1cccc(S)c1. The van der Waals surface area contributed by atoms with Crippen molar-refractivity contribution in [1.29, 1.82) is 0 Å². The van der Waals surface area contributed by atoms with Crippen molar-refractivity contribution >= 4 is 18.3 Å². The Morgan fingerprint density at radius 1 is 1.40 bits per heavy atom. The van der Waals surface area contributed by atoms with Gasteiger partial charge in [0.15, 0.2) is 0 Å². The fourth-order valence-electron chi connectivity index (χ4n) is 0.622. The molecule has 10 heavy (non-hydrogen) atoms. The van der Waals surface area contributed by atoms with Crippen LogP contribution >= 0.6 is 12.6 Å². The molecule has 1 aromatic rings. The van der Waals surface area contributed by atoms with E-state index in [4.69, 9.17) is 5.84 Å². The largest absolute Gasteiger partial charge is 0.305 e. The van der Waals surface area contributed by atoms with Crippen molar-refractivity contribution in [3.63, 3.8) is 0 Å². The van der Waals surface area contributed by atoms with E-state index in [1.807, 2.05) is 12.1 Å². The van der Waals surface area contributed by atoms with E-state index in [0.717, 1.165) is 10.6 Å². The topological polar surface area (TPSA) is 50.7 Å². The molecule has 0 saturated heterocycles. The van der Waals surface area contributed by atoms with Crippen LogP contribution in [0.2, 0.25) is 0 Å². The highest BCUT2D eigenvalue weighted by Crippen LogP contribution is 2.15. The summed E-state index contributed by atoms with van der Waals surface area (Å²) in [6.45, 7) is 0. The molecule has 0 aliphatic rings. The fourth-order valence-corrected chi connectivity index (χ4v) is 0.840. The number of hydrogen-bond acceptors (Lipinski definition) is 3. The van der Waals surface area contributed by atoms with Gasteiger partial charge in [-0.2, -0.15) is 0 Å². The molecular formula is C6H7N3S. The van der Waals surface area contributed by atoms with Crippen LogP contribution in [0.15, 0.2) is 39.5 Å². The molecule has 0 fully saturated rings. The monoisotopic (exact) mass is 153 g/mol. The lowest BCUT2D eigenvalue weighted by Crippen LogP contribution is -1.73. The molecule has 52 valence electrons. The second kappa shape index (κ2) is 3.22. The Morgan fingerprint density at radius 2 is 2.20 bits per heavy atom. The third kappa shape index (κ3) is 1.73. The summed E-state index contributed by atoms with van der Waals surface area (Å²) in [7, 11) is 0. The Morgan fingerprint density at radius 3 is 2.80 bits per heavy atom. The number of rotatable bonds is 1. The van der Waals surface area contributed by atoms with Crippen molar-refractivity contribution in [3.05, 3.63) is 24.3 Å². The predicted molar refractivity (Wildman–Crippen MR) is 42.4 cm³/mol. The Hall–Kier alpha value is -1.03. The normalized spacial score (nSPS) is 10.5. The van der Waals surface area contributed by atoms with Crippen LogP contribution in [-0.4, -0.2) is 0 Å². The minimum absolute atomic E-state index is 0.718. The average Bonchev–Trinajstić information content (AvgIpc) is 1.88. The average molecular weight is 153 g/mol. The standard InChI is InChI=1S/C6H7N3S/c7-9-8-5-2-1-3-6(10)4-5/h1-4,10H,(H2,7,8). The molecule has 0 radical (unpaired) electrons. The number of nitrogens with zero attached hydrogens (tertiary/aromatic N) is 2. The van der Waals surface area contributed by atoms with Crippen molar-refractivity contribution in [1.82, 2.24) is 0 Å². The first kappa shape index (κ1) is 7.08. The van der Waals surface area contributed by atoms with Crippen LogP contribution in [0, 0.1) is 0 Å². The van der Waals surface area contributed by atoms with Crippen molar-refractivity contribution in [2.24, 2.45) is 16.2 Å². The van der Waals surface area contributed by atoms with Gasteiger partial charge in [0.1, 0.15) is 0 Å². The molecule has 4 heteroatoms. The summed E-state index contributed by atoms with van der Waals surface area (Å²) in [4.78, 5) is 0.852. The lowest BCUT2D eigenvalue weighted by molar-refractivity contribution is 1.06. The van der Waals surface area contributed by atoms with E-state index in [2.05, 4.69) is 23.0 Å². The Bertz CT molecular complexity index is 247. The smallest absolute Gasteiger partial charge is 0.0885 e. The third-order valence-electron chi connectivity index (χ3n) is 1.00. The quantitative estimate of drug-likeness (QED) is 0.275. The first-order chi connectivity index (χ1) is 4.83. The lowest BCUT2D eigenvalue weighted by atomic mass is 10.3. The summed E-state index contributed by atoms with van der Waals surface area (Å²) in [6.07, 6.45) is 0. The lowest BCUT2D eigenvalue weighted by Gasteiger charge is -1.90. The second-order valence-electron chi connectivity index (χ2n) is 1.74. The zero-order chi connectivity index (χ0) is 7.40. The zero-order valence-corrected chi connectivity index (χ0v) is 6.12. The molecule has 3 nitrogen and oxygen atoms in total. The van der Waals surface area contributed by atoms with E-state index in [1.54, 1.807) is 12.1 Å². The molecule has 0 aliphatic carbocycles. The van der Waals surface area contributed by atoms with Crippen molar-refractivity contribution in [3.8, 4) is 0 Å². The molecule has 0 atom stereocenters. The van der Waals surface area contributed by atoms with Crippen LogP contribution in [0.4, 0.5) is 5.69 Å². The Balaban J connectivity index is 2.95. The molecule has 0 amide bonds. The van der Waals surface area contributed by atoms with Gasteiger partial charge >= 0.3 is 0 Å². The minimum Gasteiger partial charge on any atom is -0.305 e. The molecule has 0 spiro atoms. The zero-order valence-electron chi connectivity index (χ0n) is 5.23. The molecule has 1 aromatic carbocycles. The van der Waals surface area contributed by atoms with Crippen LogP contribution in [-0.2, 0) is 0 Å². The number of hydrogen-bond donors (Lipinski definition) is 2. The molecule has 0 unspecified atom stereocenters. The number of benzene rings is 1. The third-order valence-corrected chi connectivity index (χ3v) is 1.28. The molecule has 2 N–H and O–H groups in total. The van der Waals surface area contributed by atoms with Gasteiger partial charge in [-0.3, -0.25) is 0 Å². The van der Waals surface area contributed by atoms with Gasteiger partial charge < -0.3 is 5.84 Å². The maximum absolute atomic E-state index is 4.84. The van der Waals surface area contributed by atoms with Crippen molar-refractivity contribution < 1.29 is 0 Å². The van der Waals surface area contributed by atoms with Gasteiger partial charge in [-0.1, -0.05) is 11.3 Å². The first-order valence-corrected chi connectivity index (χ1v) is 3.17. The molecule has 0 aliphatic heterocycles. The molecule has 0 saturated carbocycles. The molecular weight excluding hydrogens is 146 g/mol. The van der Waals surface area contributed by atoms with Crippen LogP contribution < -0.4 is 5.84 Å². The van der Waals surface area contributed by atoms with Crippen LogP contribution in [0.5, 0.6) is 0 Å². The summed E-state index contributed by atoms with van der Waals surface area (Å²) in [5, 5.41) is 6.76. The van der Waals surface area contributed by atoms with Gasteiger partial charge in [-0.25, -0.2) is 0 Å². The van der Waals surface area contributed by atoms with E-state index in [1.165, 1.54) is 0 Å². The van der Waals surface area contributed by atoms with Gasteiger partial charge in [0, 0.05) is 4.90 Å². The minimum atomic E-state index is 0.718. The number of thiol groups is 1. The molecule has 0 aromatic heterocycles. The summed E-state index contributed by atoms with van der Waals surface area (Å²) in [6, 6.07) is 7.28. The molecule has 0 heterocycles. The van der Waals surface area contributed by atoms with E-state index in [9.17, 15) is 0 Å². The highest BCUT2D eigenvalue weighted by atomic mass is 32.1. The van der Waals surface area contributed by atoms with Crippen molar-refractivity contribution in [2.45, 2.75) is 4.90 Å².